The van der Waals surface area contributed by atoms with Gasteiger partial charge in [-0.05, 0) is 25.0 Å². The third-order valence-corrected chi connectivity index (χ3v) is 4.92. The molecule has 0 bridgehead atoms. The molecule has 0 saturated heterocycles. The van der Waals surface area contributed by atoms with Crippen LogP contribution in [0.15, 0.2) is 29.2 Å². The van der Waals surface area contributed by atoms with E-state index in [0.29, 0.717) is 18.6 Å². The van der Waals surface area contributed by atoms with Crippen LogP contribution in [0, 0.1) is 0 Å². The van der Waals surface area contributed by atoms with Crippen molar-refractivity contribution in [1.82, 2.24) is 4.72 Å². The summed E-state index contributed by atoms with van der Waals surface area (Å²) in [7, 11) is -2.24. The molecule has 1 aromatic carbocycles. The predicted molar refractivity (Wildman–Crippen MR) is 71.6 cm³/mol. The van der Waals surface area contributed by atoms with Gasteiger partial charge in [0.25, 0.3) is 0 Å². The number of aliphatic hydroxyl groups is 1. The van der Waals surface area contributed by atoms with Crippen LogP contribution in [0.3, 0.4) is 0 Å². The van der Waals surface area contributed by atoms with E-state index in [4.69, 9.17) is 4.74 Å². The Balaban J connectivity index is 2.22. The summed E-state index contributed by atoms with van der Waals surface area (Å²) in [6, 6.07) is 6.05. The number of benzene rings is 1. The standard InChI is InChI=1S/C13H19NO4S/c1-18-12-8-4-5-9-13(12)19(16,17)14-10-6-2-3-7-11(10)15/h4-5,8-11,14-15H,2-3,6-7H2,1H3/t10-,11-/m1/s1. The Morgan fingerprint density at radius 3 is 2.63 bits per heavy atom. The molecular weight excluding hydrogens is 266 g/mol. The zero-order chi connectivity index (χ0) is 13.9. The van der Waals surface area contributed by atoms with Gasteiger partial charge < -0.3 is 9.84 Å². The van der Waals surface area contributed by atoms with Crippen LogP contribution >= 0.6 is 0 Å². The molecule has 0 heterocycles. The van der Waals surface area contributed by atoms with Crippen LogP contribution in [0.1, 0.15) is 25.7 Å². The maximum atomic E-state index is 12.3. The molecule has 106 valence electrons. The van der Waals surface area contributed by atoms with E-state index in [1.807, 2.05) is 0 Å². The van der Waals surface area contributed by atoms with Crippen LogP contribution in [-0.2, 0) is 10.0 Å². The number of sulfonamides is 1. The van der Waals surface area contributed by atoms with E-state index >= 15 is 0 Å². The molecule has 5 nitrogen and oxygen atoms in total. The fraction of sp³-hybridized carbons (Fsp3) is 0.538. The van der Waals surface area contributed by atoms with Crippen molar-refractivity contribution in [3.8, 4) is 5.75 Å². The molecule has 0 aromatic heterocycles. The molecule has 1 aromatic rings. The second-order valence-corrected chi connectivity index (χ2v) is 6.41. The molecule has 2 N–H and O–H groups in total. The molecule has 0 amide bonds. The summed E-state index contributed by atoms with van der Waals surface area (Å²) >= 11 is 0. The van der Waals surface area contributed by atoms with E-state index < -0.39 is 22.2 Å². The fourth-order valence-corrected chi connectivity index (χ4v) is 3.83. The van der Waals surface area contributed by atoms with Gasteiger partial charge in [0.15, 0.2) is 0 Å². The first-order valence-corrected chi connectivity index (χ1v) is 7.86. The molecule has 2 rings (SSSR count). The van der Waals surface area contributed by atoms with Crippen molar-refractivity contribution in [1.29, 1.82) is 0 Å². The third kappa shape index (κ3) is 3.26. The van der Waals surface area contributed by atoms with Gasteiger partial charge in [-0.2, -0.15) is 0 Å². The molecule has 0 unspecified atom stereocenters. The fourth-order valence-electron chi connectivity index (χ4n) is 2.35. The van der Waals surface area contributed by atoms with Gasteiger partial charge in [-0.3, -0.25) is 0 Å². The SMILES string of the molecule is COc1ccccc1S(=O)(=O)N[C@@H]1CCCC[C@H]1O. The van der Waals surface area contributed by atoms with Gasteiger partial charge in [-0.1, -0.05) is 25.0 Å². The highest BCUT2D eigenvalue weighted by molar-refractivity contribution is 7.89. The van der Waals surface area contributed by atoms with E-state index in [9.17, 15) is 13.5 Å². The van der Waals surface area contributed by atoms with Crippen molar-refractivity contribution in [2.24, 2.45) is 0 Å². The van der Waals surface area contributed by atoms with E-state index in [0.717, 1.165) is 12.8 Å². The quantitative estimate of drug-likeness (QED) is 0.873. The summed E-state index contributed by atoms with van der Waals surface area (Å²) in [4.78, 5) is 0.107. The summed E-state index contributed by atoms with van der Waals surface area (Å²) in [5.41, 5.74) is 0. The van der Waals surface area contributed by atoms with Crippen molar-refractivity contribution in [2.45, 2.75) is 42.7 Å². The zero-order valence-electron chi connectivity index (χ0n) is 10.9. The van der Waals surface area contributed by atoms with Crippen LogP contribution in [0.25, 0.3) is 0 Å². The summed E-state index contributed by atoms with van der Waals surface area (Å²) in [5, 5.41) is 9.85. The van der Waals surface area contributed by atoms with Gasteiger partial charge in [0.05, 0.1) is 13.2 Å². The number of para-hydroxylation sites is 1. The van der Waals surface area contributed by atoms with Crippen LogP contribution in [0.2, 0.25) is 0 Å². The average molecular weight is 285 g/mol. The van der Waals surface area contributed by atoms with Gasteiger partial charge in [0.2, 0.25) is 10.0 Å². The molecule has 6 heteroatoms. The first-order valence-electron chi connectivity index (χ1n) is 6.38. The third-order valence-electron chi connectivity index (χ3n) is 3.39. The van der Waals surface area contributed by atoms with Gasteiger partial charge in [0.1, 0.15) is 10.6 Å². The number of aliphatic hydroxyl groups excluding tert-OH is 1. The number of hydrogen-bond acceptors (Lipinski definition) is 4. The second kappa shape index (κ2) is 5.90. The van der Waals surface area contributed by atoms with Crippen LogP contribution in [-0.4, -0.2) is 32.8 Å². The van der Waals surface area contributed by atoms with E-state index in [2.05, 4.69) is 4.72 Å². The molecule has 19 heavy (non-hydrogen) atoms. The van der Waals surface area contributed by atoms with Crippen molar-refractivity contribution in [3.05, 3.63) is 24.3 Å². The Bertz CT molecular complexity index is 529. The largest absolute Gasteiger partial charge is 0.495 e. The lowest BCUT2D eigenvalue weighted by molar-refractivity contribution is 0.101. The first-order chi connectivity index (χ1) is 9.04. The normalized spacial score (nSPS) is 24.1. The number of methoxy groups -OCH3 is 1. The zero-order valence-corrected chi connectivity index (χ0v) is 11.7. The second-order valence-electron chi connectivity index (χ2n) is 4.73. The van der Waals surface area contributed by atoms with E-state index in [1.165, 1.54) is 13.2 Å². The highest BCUT2D eigenvalue weighted by Gasteiger charge is 2.29. The molecule has 1 saturated carbocycles. The lowest BCUT2D eigenvalue weighted by Crippen LogP contribution is -2.45. The maximum absolute atomic E-state index is 12.3. The van der Waals surface area contributed by atoms with Crippen molar-refractivity contribution >= 4 is 10.0 Å². The smallest absolute Gasteiger partial charge is 0.244 e. The van der Waals surface area contributed by atoms with Gasteiger partial charge >= 0.3 is 0 Å². The van der Waals surface area contributed by atoms with Gasteiger partial charge in [0, 0.05) is 6.04 Å². The number of rotatable bonds is 4. The van der Waals surface area contributed by atoms with Gasteiger partial charge in [-0.15, -0.1) is 0 Å². The van der Waals surface area contributed by atoms with Gasteiger partial charge in [-0.25, -0.2) is 13.1 Å². The molecule has 0 spiro atoms. The highest BCUT2D eigenvalue weighted by Crippen LogP contribution is 2.25. The highest BCUT2D eigenvalue weighted by atomic mass is 32.2. The summed E-state index contributed by atoms with van der Waals surface area (Å²) < 4.78 is 32.3. The van der Waals surface area contributed by atoms with Crippen molar-refractivity contribution in [2.75, 3.05) is 7.11 Å². The maximum Gasteiger partial charge on any atom is 0.244 e. The lowest BCUT2D eigenvalue weighted by Gasteiger charge is -2.28. The minimum atomic E-state index is -3.67. The number of hydrogen-bond donors (Lipinski definition) is 2. The Hall–Kier alpha value is -1.11. The summed E-state index contributed by atoms with van der Waals surface area (Å²) in [5.74, 6) is 0.306. The Kier molecular flexibility index (Phi) is 4.44. The first kappa shape index (κ1) is 14.3. The predicted octanol–water partition coefficient (Wildman–Crippen LogP) is 1.28. The Morgan fingerprint density at radius 2 is 1.95 bits per heavy atom. The Labute approximate surface area is 113 Å². The van der Waals surface area contributed by atoms with E-state index in [1.54, 1.807) is 18.2 Å². The molecule has 2 atom stereocenters. The van der Waals surface area contributed by atoms with Crippen molar-refractivity contribution < 1.29 is 18.3 Å². The lowest BCUT2D eigenvalue weighted by atomic mass is 9.93. The number of ether oxygens (including phenoxy) is 1. The minimum Gasteiger partial charge on any atom is -0.495 e. The monoisotopic (exact) mass is 285 g/mol. The summed E-state index contributed by atoms with van der Waals surface area (Å²) in [6.45, 7) is 0. The topological polar surface area (TPSA) is 75.6 Å². The molecule has 0 aliphatic heterocycles. The van der Waals surface area contributed by atoms with Crippen LogP contribution in [0.4, 0.5) is 0 Å². The average Bonchev–Trinajstić information content (AvgIpc) is 2.41. The molecule has 0 radical (unpaired) electrons. The Morgan fingerprint density at radius 1 is 1.26 bits per heavy atom. The van der Waals surface area contributed by atoms with Crippen molar-refractivity contribution in [3.63, 3.8) is 0 Å². The van der Waals surface area contributed by atoms with Crippen LogP contribution < -0.4 is 9.46 Å². The molecule has 1 fully saturated rings. The summed E-state index contributed by atoms with van der Waals surface area (Å²) in [6.07, 6.45) is 2.55. The molecule has 1 aliphatic carbocycles. The van der Waals surface area contributed by atoms with Crippen LogP contribution in [0.5, 0.6) is 5.75 Å². The molecule has 1 aliphatic rings. The molecular formula is C13H19NO4S. The minimum absolute atomic E-state index is 0.107. The number of nitrogens with one attached hydrogen (secondary N) is 1. The van der Waals surface area contributed by atoms with E-state index in [-0.39, 0.29) is 4.90 Å².